The minimum Gasteiger partial charge on any atom is -0.481 e. The Kier molecular flexibility index (Phi) is 3.97. The Labute approximate surface area is 99.0 Å². The molecule has 4 nitrogen and oxygen atoms in total. The number of hydrogen-bond acceptors (Lipinski definition) is 2. The van der Waals surface area contributed by atoms with Gasteiger partial charge in [-0.15, -0.1) is 0 Å². The Morgan fingerprint density at radius 2 is 1.67 bits per heavy atom. The first-order valence-corrected chi connectivity index (χ1v) is 4.69. The Hall–Kier alpha value is -0.566. The molecule has 0 aliphatic heterocycles. The zero-order valence-corrected chi connectivity index (χ0v) is 10.0. The Morgan fingerprint density at radius 3 is 1.87 bits per heavy atom. The van der Waals surface area contributed by atoms with Crippen molar-refractivity contribution in [1.82, 2.24) is 0 Å². The zero-order valence-electron chi connectivity index (χ0n) is 9.02. The van der Waals surface area contributed by atoms with Crippen molar-refractivity contribution in [3.8, 4) is 0 Å². The molecule has 0 radical (unpaired) electrons. The van der Waals surface area contributed by atoms with E-state index in [4.69, 9.17) is 10.2 Å². The third-order valence-corrected chi connectivity index (χ3v) is 4.00. The standard InChI is InChI=1S/C10H16O4.Ni/c1-9(2)6(7(11)12)4-5-10(9,3)8(13)14;/h6H,4-5H2,1-3H3,(H,11,12)(H,13,14);. The van der Waals surface area contributed by atoms with Crippen LogP contribution in [-0.4, -0.2) is 22.2 Å². The molecule has 0 aromatic heterocycles. The van der Waals surface area contributed by atoms with Crippen LogP contribution in [0.25, 0.3) is 0 Å². The normalized spacial score (nSPS) is 33.1. The van der Waals surface area contributed by atoms with Crippen LogP contribution in [0.5, 0.6) is 0 Å². The predicted octanol–water partition coefficient (Wildman–Crippen LogP) is 1.60. The van der Waals surface area contributed by atoms with Gasteiger partial charge in [-0.25, -0.2) is 0 Å². The molecule has 0 aromatic carbocycles. The van der Waals surface area contributed by atoms with Crippen molar-refractivity contribution in [3.63, 3.8) is 0 Å². The SMILES string of the molecule is CC1(C(=O)O)CCC(C(=O)O)C1(C)C.[Ni]. The molecule has 1 aliphatic carbocycles. The molecule has 90 valence electrons. The Morgan fingerprint density at radius 1 is 1.20 bits per heavy atom. The molecule has 0 bridgehead atoms. The Balaban J connectivity index is 0.00000196. The van der Waals surface area contributed by atoms with Gasteiger partial charge in [0.15, 0.2) is 0 Å². The molecule has 2 unspecified atom stereocenters. The van der Waals surface area contributed by atoms with Crippen LogP contribution in [-0.2, 0) is 26.1 Å². The molecule has 1 rings (SSSR count). The maximum atomic E-state index is 11.1. The molecular weight excluding hydrogens is 243 g/mol. The second kappa shape index (κ2) is 4.13. The van der Waals surface area contributed by atoms with E-state index in [0.29, 0.717) is 12.8 Å². The third-order valence-electron chi connectivity index (χ3n) is 4.00. The van der Waals surface area contributed by atoms with Crippen molar-refractivity contribution in [3.05, 3.63) is 0 Å². The monoisotopic (exact) mass is 258 g/mol. The molecular formula is C10H16NiO4. The summed E-state index contributed by atoms with van der Waals surface area (Å²) in [7, 11) is 0. The Bertz CT molecular complexity index is 287. The summed E-state index contributed by atoms with van der Waals surface area (Å²) in [5.41, 5.74) is -1.61. The van der Waals surface area contributed by atoms with Gasteiger partial charge in [0.25, 0.3) is 0 Å². The fourth-order valence-electron chi connectivity index (χ4n) is 2.32. The van der Waals surface area contributed by atoms with E-state index in [1.165, 1.54) is 0 Å². The summed E-state index contributed by atoms with van der Waals surface area (Å²) in [4.78, 5) is 22.0. The van der Waals surface area contributed by atoms with Crippen LogP contribution in [0.2, 0.25) is 0 Å². The van der Waals surface area contributed by atoms with Gasteiger partial charge in [0.2, 0.25) is 0 Å². The van der Waals surface area contributed by atoms with E-state index < -0.39 is 28.7 Å². The van der Waals surface area contributed by atoms with Crippen LogP contribution in [0.1, 0.15) is 33.6 Å². The molecule has 1 fully saturated rings. The second-order valence-electron chi connectivity index (χ2n) is 4.79. The minimum absolute atomic E-state index is 0. The van der Waals surface area contributed by atoms with Crippen LogP contribution < -0.4 is 0 Å². The zero-order chi connectivity index (χ0) is 11.1. The summed E-state index contributed by atoms with van der Waals surface area (Å²) in [6.07, 6.45) is 0.886. The fraction of sp³-hybridized carbons (Fsp3) is 0.800. The second-order valence-corrected chi connectivity index (χ2v) is 4.79. The number of carbonyl (C=O) groups is 2. The summed E-state index contributed by atoms with van der Waals surface area (Å²) in [6, 6.07) is 0. The number of carboxylic acids is 2. The minimum atomic E-state index is -0.921. The molecule has 0 spiro atoms. The molecule has 5 heteroatoms. The van der Waals surface area contributed by atoms with Gasteiger partial charge in [-0.2, -0.15) is 0 Å². The van der Waals surface area contributed by atoms with Gasteiger partial charge in [0.05, 0.1) is 11.3 Å². The fourth-order valence-corrected chi connectivity index (χ4v) is 2.32. The predicted molar refractivity (Wildman–Crippen MR) is 49.9 cm³/mol. The number of aliphatic carboxylic acids is 2. The topological polar surface area (TPSA) is 74.6 Å². The van der Waals surface area contributed by atoms with Crippen molar-refractivity contribution in [2.45, 2.75) is 33.6 Å². The third kappa shape index (κ3) is 1.90. The van der Waals surface area contributed by atoms with Gasteiger partial charge in [-0.1, -0.05) is 13.8 Å². The van der Waals surface area contributed by atoms with E-state index in [0.717, 1.165) is 0 Å². The van der Waals surface area contributed by atoms with Crippen molar-refractivity contribution in [2.24, 2.45) is 16.7 Å². The van der Waals surface area contributed by atoms with Crippen LogP contribution >= 0.6 is 0 Å². The molecule has 0 aromatic rings. The van der Waals surface area contributed by atoms with E-state index in [9.17, 15) is 9.59 Å². The summed E-state index contributed by atoms with van der Waals surface area (Å²) in [6.45, 7) is 5.10. The van der Waals surface area contributed by atoms with Crippen LogP contribution in [0.4, 0.5) is 0 Å². The van der Waals surface area contributed by atoms with Gasteiger partial charge in [0, 0.05) is 16.5 Å². The maximum Gasteiger partial charge on any atom is 0.309 e. The molecule has 0 amide bonds. The van der Waals surface area contributed by atoms with E-state index >= 15 is 0 Å². The molecule has 0 heterocycles. The number of hydrogen-bond donors (Lipinski definition) is 2. The average molecular weight is 259 g/mol. The summed E-state index contributed by atoms with van der Waals surface area (Å²) < 4.78 is 0. The van der Waals surface area contributed by atoms with E-state index in [1.807, 2.05) is 0 Å². The van der Waals surface area contributed by atoms with E-state index in [1.54, 1.807) is 20.8 Å². The first kappa shape index (κ1) is 14.4. The van der Waals surface area contributed by atoms with Gasteiger partial charge in [-0.05, 0) is 25.2 Å². The first-order valence-electron chi connectivity index (χ1n) is 4.69. The smallest absolute Gasteiger partial charge is 0.309 e. The van der Waals surface area contributed by atoms with E-state index in [-0.39, 0.29) is 16.5 Å². The van der Waals surface area contributed by atoms with Crippen LogP contribution in [0.15, 0.2) is 0 Å². The molecule has 0 saturated heterocycles. The quantitative estimate of drug-likeness (QED) is 0.738. The van der Waals surface area contributed by atoms with Crippen molar-refractivity contribution >= 4 is 11.9 Å². The van der Waals surface area contributed by atoms with Gasteiger partial charge in [0.1, 0.15) is 0 Å². The number of rotatable bonds is 2. The largest absolute Gasteiger partial charge is 0.481 e. The van der Waals surface area contributed by atoms with E-state index in [2.05, 4.69) is 0 Å². The first-order chi connectivity index (χ1) is 6.23. The summed E-state index contributed by atoms with van der Waals surface area (Å²) in [5, 5.41) is 18.1. The molecule has 2 N–H and O–H groups in total. The van der Waals surface area contributed by atoms with Crippen molar-refractivity contribution < 1.29 is 36.3 Å². The van der Waals surface area contributed by atoms with Gasteiger partial charge < -0.3 is 10.2 Å². The van der Waals surface area contributed by atoms with Gasteiger partial charge in [-0.3, -0.25) is 9.59 Å². The molecule has 15 heavy (non-hydrogen) atoms. The average Bonchev–Trinajstić information content (AvgIpc) is 2.24. The molecule has 1 aliphatic rings. The van der Waals surface area contributed by atoms with Crippen LogP contribution in [0, 0.1) is 16.7 Å². The molecule has 1 saturated carbocycles. The maximum absolute atomic E-state index is 11.1. The van der Waals surface area contributed by atoms with Crippen molar-refractivity contribution in [2.75, 3.05) is 0 Å². The summed E-state index contributed by atoms with van der Waals surface area (Å²) in [5.74, 6) is -2.34. The van der Waals surface area contributed by atoms with Crippen LogP contribution in [0.3, 0.4) is 0 Å². The number of carboxylic acid groups (broad SMARTS) is 2. The van der Waals surface area contributed by atoms with Crippen molar-refractivity contribution in [1.29, 1.82) is 0 Å². The summed E-state index contributed by atoms with van der Waals surface area (Å²) >= 11 is 0. The molecule has 2 atom stereocenters. The van der Waals surface area contributed by atoms with Gasteiger partial charge >= 0.3 is 11.9 Å².